The lowest BCUT2D eigenvalue weighted by Gasteiger charge is -2.10. The van der Waals surface area contributed by atoms with Crippen LogP contribution in [0.2, 0.25) is 0 Å². The first-order valence-corrected chi connectivity index (χ1v) is 8.41. The highest BCUT2D eigenvalue weighted by molar-refractivity contribution is 5.76. The van der Waals surface area contributed by atoms with Gasteiger partial charge in [-0.1, -0.05) is 35.9 Å². The van der Waals surface area contributed by atoms with Crippen LogP contribution < -0.4 is 14.8 Å². The quantitative estimate of drug-likeness (QED) is 0.916. The highest BCUT2D eigenvalue weighted by atomic mass is 16.5. The van der Waals surface area contributed by atoms with E-state index in [2.05, 4.69) is 36.5 Å². The highest BCUT2D eigenvalue weighted by Crippen LogP contribution is 2.30. The first-order valence-electron chi connectivity index (χ1n) is 8.41. The lowest BCUT2D eigenvalue weighted by atomic mass is 10.1. The Kier molecular flexibility index (Phi) is 5.36. The third-order valence-electron chi connectivity index (χ3n) is 4.06. The SMILES string of the molecule is Cc1ccc(CCC(=O)NCc2ccc3c(c2)OCCCO3)cc1. The van der Waals surface area contributed by atoms with Gasteiger partial charge in [-0.05, 0) is 36.6 Å². The second-order valence-corrected chi connectivity index (χ2v) is 6.09. The Morgan fingerprint density at radius 3 is 2.50 bits per heavy atom. The predicted molar refractivity (Wildman–Crippen MR) is 93.4 cm³/mol. The van der Waals surface area contributed by atoms with Crippen LogP contribution in [-0.2, 0) is 17.8 Å². The summed E-state index contributed by atoms with van der Waals surface area (Å²) in [5.74, 6) is 1.60. The molecule has 1 N–H and O–H groups in total. The van der Waals surface area contributed by atoms with Crippen molar-refractivity contribution in [3.05, 3.63) is 59.2 Å². The van der Waals surface area contributed by atoms with Gasteiger partial charge >= 0.3 is 0 Å². The maximum absolute atomic E-state index is 12.0. The number of nitrogens with one attached hydrogen (secondary N) is 1. The zero-order valence-corrected chi connectivity index (χ0v) is 14.0. The molecule has 1 heterocycles. The average molecular weight is 325 g/mol. The molecule has 4 nitrogen and oxygen atoms in total. The van der Waals surface area contributed by atoms with Crippen molar-refractivity contribution in [3.63, 3.8) is 0 Å². The molecule has 0 saturated heterocycles. The predicted octanol–water partition coefficient (Wildman–Crippen LogP) is 3.41. The summed E-state index contributed by atoms with van der Waals surface area (Å²) >= 11 is 0. The largest absolute Gasteiger partial charge is 0.490 e. The first-order chi connectivity index (χ1) is 11.7. The van der Waals surface area contributed by atoms with E-state index in [1.807, 2.05) is 18.2 Å². The van der Waals surface area contributed by atoms with E-state index < -0.39 is 0 Å². The van der Waals surface area contributed by atoms with Crippen LogP contribution in [0.3, 0.4) is 0 Å². The number of hydrogen-bond donors (Lipinski definition) is 1. The number of rotatable bonds is 5. The number of ether oxygens (including phenoxy) is 2. The van der Waals surface area contributed by atoms with E-state index in [4.69, 9.17) is 9.47 Å². The maximum atomic E-state index is 12.0. The Labute approximate surface area is 142 Å². The molecule has 126 valence electrons. The van der Waals surface area contributed by atoms with Crippen LogP contribution in [0.25, 0.3) is 0 Å². The summed E-state index contributed by atoms with van der Waals surface area (Å²) in [6.45, 7) is 3.91. The maximum Gasteiger partial charge on any atom is 0.220 e. The normalized spacial score (nSPS) is 13.2. The molecule has 0 bridgehead atoms. The van der Waals surface area contributed by atoms with Crippen LogP contribution in [0.4, 0.5) is 0 Å². The Balaban J connectivity index is 1.49. The summed E-state index contributed by atoms with van der Waals surface area (Å²) in [7, 11) is 0. The zero-order valence-electron chi connectivity index (χ0n) is 14.0. The Morgan fingerprint density at radius 1 is 1.00 bits per heavy atom. The molecule has 1 amide bonds. The van der Waals surface area contributed by atoms with Gasteiger partial charge in [-0.25, -0.2) is 0 Å². The van der Waals surface area contributed by atoms with E-state index in [9.17, 15) is 4.79 Å². The molecule has 0 radical (unpaired) electrons. The molecule has 24 heavy (non-hydrogen) atoms. The van der Waals surface area contributed by atoms with Crippen molar-refractivity contribution < 1.29 is 14.3 Å². The van der Waals surface area contributed by atoms with Gasteiger partial charge < -0.3 is 14.8 Å². The zero-order chi connectivity index (χ0) is 16.8. The summed E-state index contributed by atoms with van der Waals surface area (Å²) in [6.07, 6.45) is 2.14. The Morgan fingerprint density at radius 2 is 1.71 bits per heavy atom. The molecule has 4 heteroatoms. The highest BCUT2D eigenvalue weighted by Gasteiger charge is 2.11. The van der Waals surface area contributed by atoms with Crippen molar-refractivity contribution in [2.45, 2.75) is 32.7 Å². The minimum atomic E-state index is 0.0580. The van der Waals surface area contributed by atoms with Gasteiger partial charge in [0.1, 0.15) is 0 Å². The van der Waals surface area contributed by atoms with Gasteiger partial charge in [0.05, 0.1) is 13.2 Å². The molecule has 0 saturated carbocycles. The van der Waals surface area contributed by atoms with Gasteiger partial charge in [0.2, 0.25) is 5.91 Å². The van der Waals surface area contributed by atoms with E-state index in [0.717, 1.165) is 29.9 Å². The van der Waals surface area contributed by atoms with Crippen molar-refractivity contribution in [1.29, 1.82) is 0 Å². The second-order valence-electron chi connectivity index (χ2n) is 6.09. The Hall–Kier alpha value is -2.49. The van der Waals surface area contributed by atoms with E-state index in [1.54, 1.807) is 0 Å². The van der Waals surface area contributed by atoms with Crippen molar-refractivity contribution in [3.8, 4) is 11.5 Å². The van der Waals surface area contributed by atoms with Gasteiger partial charge in [0, 0.05) is 19.4 Å². The lowest BCUT2D eigenvalue weighted by molar-refractivity contribution is -0.121. The topological polar surface area (TPSA) is 47.6 Å². The molecule has 3 rings (SSSR count). The van der Waals surface area contributed by atoms with Crippen LogP contribution in [0, 0.1) is 6.92 Å². The fourth-order valence-corrected chi connectivity index (χ4v) is 2.62. The Bertz CT molecular complexity index is 695. The minimum Gasteiger partial charge on any atom is -0.490 e. The van der Waals surface area contributed by atoms with Gasteiger partial charge in [0.25, 0.3) is 0 Å². The minimum absolute atomic E-state index is 0.0580. The smallest absolute Gasteiger partial charge is 0.220 e. The van der Waals surface area contributed by atoms with Crippen LogP contribution in [0.15, 0.2) is 42.5 Å². The number of fused-ring (bicyclic) bond motifs is 1. The van der Waals surface area contributed by atoms with Crippen molar-refractivity contribution >= 4 is 5.91 Å². The number of hydrogen-bond acceptors (Lipinski definition) is 3. The monoisotopic (exact) mass is 325 g/mol. The van der Waals surface area contributed by atoms with Crippen LogP contribution in [-0.4, -0.2) is 19.1 Å². The van der Waals surface area contributed by atoms with E-state index in [-0.39, 0.29) is 5.91 Å². The number of aryl methyl sites for hydroxylation is 2. The second kappa shape index (κ2) is 7.86. The number of benzene rings is 2. The fraction of sp³-hybridized carbons (Fsp3) is 0.350. The number of carbonyl (C=O) groups excluding carboxylic acids is 1. The third kappa shape index (κ3) is 4.51. The molecule has 0 atom stereocenters. The summed E-state index contributed by atoms with van der Waals surface area (Å²) in [5.41, 5.74) is 3.44. The average Bonchev–Trinajstić information content (AvgIpc) is 2.84. The number of carbonyl (C=O) groups is 1. The van der Waals surface area contributed by atoms with E-state index >= 15 is 0 Å². The molecule has 0 spiro atoms. The molecule has 2 aromatic rings. The molecule has 0 aromatic heterocycles. The fourth-order valence-electron chi connectivity index (χ4n) is 2.62. The van der Waals surface area contributed by atoms with Crippen LogP contribution in [0.5, 0.6) is 11.5 Å². The first kappa shape index (κ1) is 16.4. The molecule has 0 unspecified atom stereocenters. The molecule has 0 fully saturated rings. The lowest BCUT2D eigenvalue weighted by Crippen LogP contribution is -2.23. The molecular formula is C20H23NO3. The molecule has 0 aliphatic carbocycles. The van der Waals surface area contributed by atoms with Crippen molar-refractivity contribution in [1.82, 2.24) is 5.32 Å². The summed E-state index contributed by atoms with van der Waals surface area (Å²) in [4.78, 5) is 12.0. The molecular weight excluding hydrogens is 302 g/mol. The number of amides is 1. The summed E-state index contributed by atoms with van der Waals surface area (Å²) in [5, 5.41) is 2.97. The van der Waals surface area contributed by atoms with Gasteiger partial charge in [-0.15, -0.1) is 0 Å². The van der Waals surface area contributed by atoms with E-state index in [1.165, 1.54) is 11.1 Å². The van der Waals surface area contributed by atoms with Crippen LogP contribution >= 0.6 is 0 Å². The van der Waals surface area contributed by atoms with Gasteiger partial charge in [-0.3, -0.25) is 4.79 Å². The van der Waals surface area contributed by atoms with Gasteiger partial charge in [0.15, 0.2) is 11.5 Å². The van der Waals surface area contributed by atoms with E-state index in [0.29, 0.717) is 26.2 Å². The molecule has 1 aliphatic heterocycles. The standard InChI is InChI=1S/C20H23NO3/c1-15-3-5-16(6-4-15)8-10-20(22)21-14-17-7-9-18-19(13-17)24-12-2-11-23-18/h3-7,9,13H,2,8,10-12,14H2,1H3,(H,21,22). The third-order valence-corrected chi connectivity index (χ3v) is 4.06. The summed E-state index contributed by atoms with van der Waals surface area (Å²) < 4.78 is 11.3. The molecule has 1 aliphatic rings. The summed E-state index contributed by atoms with van der Waals surface area (Å²) in [6, 6.07) is 14.1. The van der Waals surface area contributed by atoms with Crippen molar-refractivity contribution in [2.24, 2.45) is 0 Å². The van der Waals surface area contributed by atoms with Crippen LogP contribution in [0.1, 0.15) is 29.5 Å². The van der Waals surface area contributed by atoms with Gasteiger partial charge in [-0.2, -0.15) is 0 Å². The van der Waals surface area contributed by atoms with Crippen molar-refractivity contribution in [2.75, 3.05) is 13.2 Å². The molecule has 2 aromatic carbocycles.